The van der Waals surface area contributed by atoms with Crippen molar-refractivity contribution in [1.29, 1.82) is 0 Å². The third-order valence-electron chi connectivity index (χ3n) is 3.22. The minimum absolute atomic E-state index is 0.240. The Hall–Kier alpha value is -3.52. The maximum absolute atomic E-state index is 11.7. The van der Waals surface area contributed by atoms with Crippen LogP contribution in [0.5, 0.6) is 0 Å². The highest BCUT2D eigenvalue weighted by molar-refractivity contribution is 6.14. The van der Waals surface area contributed by atoms with E-state index in [9.17, 15) is 9.59 Å². The number of hydrogen-bond donors (Lipinski definition) is 1. The molecule has 0 aliphatic heterocycles. The fourth-order valence-electron chi connectivity index (χ4n) is 1.95. The van der Waals surface area contributed by atoms with Gasteiger partial charge in [0.2, 0.25) is 0 Å². The molecule has 5 nitrogen and oxygen atoms in total. The first-order chi connectivity index (χ1) is 12.2. The van der Waals surface area contributed by atoms with Crippen molar-refractivity contribution in [3.8, 4) is 11.8 Å². The molecule has 2 aromatic carbocycles. The highest BCUT2D eigenvalue weighted by Gasteiger charge is 2.19. The molecule has 0 radical (unpaired) electrons. The minimum atomic E-state index is -0.785. The van der Waals surface area contributed by atoms with E-state index in [0.29, 0.717) is 5.69 Å². The molecule has 5 heteroatoms. The van der Waals surface area contributed by atoms with Crippen molar-refractivity contribution in [2.45, 2.75) is 0 Å². The molecule has 126 valence electrons. The van der Waals surface area contributed by atoms with Crippen LogP contribution in [-0.4, -0.2) is 26.2 Å². The Morgan fingerprint density at radius 2 is 1.48 bits per heavy atom. The van der Waals surface area contributed by atoms with Crippen molar-refractivity contribution in [3.63, 3.8) is 0 Å². The van der Waals surface area contributed by atoms with Crippen LogP contribution in [0.3, 0.4) is 0 Å². The van der Waals surface area contributed by atoms with Gasteiger partial charge in [0.15, 0.2) is 5.57 Å². The van der Waals surface area contributed by atoms with Gasteiger partial charge in [-0.2, -0.15) is 0 Å². The van der Waals surface area contributed by atoms with Gasteiger partial charge in [0.25, 0.3) is 0 Å². The molecule has 0 unspecified atom stereocenters. The molecule has 0 heterocycles. The van der Waals surface area contributed by atoms with Crippen LogP contribution in [0.4, 0.5) is 5.69 Å². The van der Waals surface area contributed by atoms with Crippen molar-refractivity contribution in [3.05, 3.63) is 77.5 Å². The van der Waals surface area contributed by atoms with Gasteiger partial charge in [-0.1, -0.05) is 42.2 Å². The fraction of sp³-hybridized carbons (Fsp3) is 0.100. The molecule has 25 heavy (non-hydrogen) atoms. The van der Waals surface area contributed by atoms with Crippen LogP contribution in [0.15, 0.2) is 66.4 Å². The largest absolute Gasteiger partial charge is 0.465 e. The molecule has 0 fully saturated rings. The summed E-state index contributed by atoms with van der Waals surface area (Å²) in [4.78, 5) is 23.3. The molecular formula is C20H17NO4. The summed E-state index contributed by atoms with van der Waals surface area (Å²) in [5, 5.41) is 2.91. The van der Waals surface area contributed by atoms with Gasteiger partial charge >= 0.3 is 11.9 Å². The van der Waals surface area contributed by atoms with Crippen LogP contribution < -0.4 is 5.32 Å². The van der Waals surface area contributed by atoms with E-state index in [1.54, 1.807) is 6.07 Å². The summed E-state index contributed by atoms with van der Waals surface area (Å²) in [5.41, 5.74) is 2.02. The zero-order valence-corrected chi connectivity index (χ0v) is 13.9. The molecule has 0 spiro atoms. The van der Waals surface area contributed by atoms with Gasteiger partial charge in [0.1, 0.15) is 0 Å². The predicted octanol–water partition coefficient (Wildman–Crippen LogP) is 2.73. The molecule has 0 saturated heterocycles. The van der Waals surface area contributed by atoms with E-state index in [1.807, 2.05) is 48.5 Å². The van der Waals surface area contributed by atoms with E-state index in [1.165, 1.54) is 20.4 Å². The number of rotatable bonds is 4. The molecule has 0 aliphatic rings. The molecular weight excluding hydrogens is 318 g/mol. The van der Waals surface area contributed by atoms with Gasteiger partial charge < -0.3 is 14.8 Å². The summed E-state index contributed by atoms with van der Waals surface area (Å²) >= 11 is 0. The highest BCUT2D eigenvalue weighted by atomic mass is 16.5. The maximum Gasteiger partial charge on any atom is 0.346 e. The summed E-state index contributed by atoms with van der Waals surface area (Å²) in [6.45, 7) is 0. The third kappa shape index (κ3) is 4.98. The number of carbonyl (C=O) groups is 2. The molecule has 0 atom stereocenters. The van der Waals surface area contributed by atoms with E-state index in [-0.39, 0.29) is 5.57 Å². The number of methoxy groups -OCH3 is 2. The Balaban J connectivity index is 2.29. The summed E-state index contributed by atoms with van der Waals surface area (Å²) in [7, 11) is 2.39. The molecule has 1 N–H and O–H groups in total. The lowest BCUT2D eigenvalue weighted by molar-refractivity contribution is -0.144. The maximum atomic E-state index is 11.7. The van der Waals surface area contributed by atoms with Crippen molar-refractivity contribution < 1.29 is 19.1 Å². The number of carbonyl (C=O) groups excluding carboxylic acids is 2. The Bertz CT molecular complexity index is 827. The molecule has 0 aromatic heterocycles. The number of benzene rings is 2. The second kappa shape index (κ2) is 8.94. The Morgan fingerprint density at radius 1 is 0.880 bits per heavy atom. The summed E-state index contributed by atoms with van der Waals surface area (Å²) in [6, 6.07) is 16.9. The smallest absolute Gasteiger partial charge is 0.346 e. The van der Waals surface area contributed by atoms with Crippen molar-refractivity contribution in [2.75, 3.05) is 19.5 Å². The number of anilines is 1. The van der Waals surface area contributed by atoms with Crippen molar-refractivity contribution in [2.24, 2.45) is 0 Å². The van der Waals surface area contributed by atoms with Gasteiger partial charge in [-0.25, -0.2) is 9.59 Å². The van der Waals surface area contributed by atoms with Gasteiger partial charge in [0, 0.05) is 17.3 Å². The van der Waals surface area contributed by atoms with Crippen LogP contribution in [0.25, 0.3) is 0 Å². The van der Waals surface area contributed by atoms with Crippen LogP contribution >= 0.6 is 0 Å². The van der Waals surface area contributed by atoms with Gasteiger partial charge in [-0.3, -0.25) is 0 Å². The topological polar surface area (TPSA) is 64.6 Å². The van der Waals surface area contributed by atoms with Gasteiger partial charge in [0.05, 0.1) is 19.9 Å². The third-order valence-corrected chi connectivity index (χ3v) is 3.22. The first kappa shape index (κ1) is 17.8. The predicted molar refractivity (Wildman–Crippen MR) is 94.6 cm³/mol. The second-order valence-electron chi connectivity index (χ2n) is 4.85. The molecule has 0 saturated carbocycles. The average molecular weight is 335 g/mol. The number of ether oxygens (including phenoxy) is 2. The van der Waals surface area contributed by atoms with E-state index in [2.05, 4.69) is 26.6 Å². The van der Waals surface area contributed by atoms with Crippen LogP contribution in [0.1, 0.15) is 11.1 Å². The Morgan fingerprint density at radius 3 is 2.12 bits per heavy atom. The minimum Gasteiger partial charge on any atom is -0.465 e. The molecule has 0 amide bonds. The SMILES string of the molecule is COC(=O)C(=CNc1ccccc1C#Cc1ccccc1)C(=O)OC. The van der Waals surface area contributed by atoms with E-state index in [0.717, 1.165) is 11.1 Å². The summed E-state index contributed by atoms with van der Waals surface area (Å²) < 4.78 is 9.17. The quantitative estimate of drug-likeness (QED) is 0.306. The standard InChI is InChI=1S/C20H17NO4/c1-24-19(22)17(20(23)25-2)14-21-18-11-7-6-10-16(18)13-12-15-8-4-3-5-9-15/h3-11,14,21H,1-2H3. The van der Waals surface area contributed by atoms with Crippen LogP contribution in [-0.2, 0) is 19.1 Å². The monoisotopic (exact) mass is 335 g/mol. The Labute approximate surface area is 146 Å². The lowest BCUT2D eigenvalue weighted by Gasteiger charge is -2.07. The van der Waals surface area contributed by atoms with Crippen molar-refractivity contribution >= 4 is 17.6 Å². The zero-order chi connectivity index (χ0) is 18.1. The summed E-state index contributed by atoms with van der Waals surface area (Å²) in [5.74, 6) is 4.56. The summed E-state index contributed by atoms with van der Waals surface area (Å²) in [6.07, 6.45) is 1.25. The van der Waals surface area contributed by atoms with Gasteiger partial charge in [-0.15, -0.1) is 0 Å². The average Bonchev–Trinajstić information content (AvgIpc) is 2.67. The lowest BCUT2D eigenvalue weighted by atomic mass is 10.1. The molecule has 0 aliphatic carbocycles. The van der Waals surface area contributed by atoms with E-state index in [4.69, 9.17) is 0 Å². The van der Waals surface area contributed by atoms with E-state index < -0.39 is 11.9 Å². The normalized spacial score (nSPS) is 9.20. The van der Waals surface area contributed by atoms with E-state index >= 15 is 0 Å². The molecule has 2 rings (SSSR count). The Kier molecular flexibility index (Phi) is 6.38. The second-order valence-corrected chi connectivity index (χ2v) is 4.85. The van der Waals surface area contributed by atoms with Crippen LogP contribution in [0, 0.1) is 11.8 Å². The van der Waals surface area contributed by atoms with Gasteiger partial charge in [-0.05, 0) is 24.3 Å². The number of hydrogen-bond acceptors (Lipinski definition) is 5. The molecule has 2 aromatic rings. The van der Waals surface area contributed by atoms with Crippen LogP contribution in [0.2, 0.25) is 0 Å². The first-order valence-corrected chi connectivity index (χ1v) is 7.45. The molecule has 0 bridgehead atoms. The first-order valence-electron chi connectivity index (χ1n) is 7.45. The zero-order valence-electron chi connectivity index (χ0n) is 13.9. The number of esters is 2. The van der Waals surface area contributed by atoms with Crippen molar-refractivity contribution in [1.82, 2.24) is 0 Å². The fourth-order valence-corrected chi connectivity index (χ4v) is 1.95. The lowest BCUT2D eigenvalue weighted by Crippen LogP contribution is -2.17. The highest BCUT2D eigenvalue weighted by Crippen LogP contribution is 2.15. The number of para-hydroxylation sites is 1. The number of nitrogens with one attached hydrogen (secondary N) is 1.